The van der Waals surface area contributed by atoms with Crippen LogP contribution in [-0.2, 0) is 27.8 Å². The molecule has 0 spiro atoms. The summed E-state index contributed by atoms with van der Waals surface area (Å²) in [7, 11) is -0.616. The molecule has 7 nitrogen and oxygen atoms in total. The zero-order valence-corrected chi connectivity index (χ0v) is 19.2. The second kappa shape index (κ2) is 8.83. The Morgan fingerprint density at radius 2 is 1.97 bits per heavy atom. The molecule has 0 aliphatic carbocycles. The number of nitrogens with one attached hydrogen (secondary N) is 1. The van der Waals surface area contributed by atoms with Crippen molar-refractivity contribution in [2.24, 2.45) is 0 Å². The molecule has 1 N–H and O–H groups in total. The van der Waals surface area contributed by atoms with Crippen LogP contribution in [0.15, 0.2) is 45.8 Å². The van der Waals surface area contributed by atoms with Crippen LogP contribution in [0.3, 0.4) is 0 Å². The summed E-state index contributed by atoms with van der Waals surface area (Å²) < 4.78 is 42.3. The molecule has 3 rings (SSSR count). The summed E-state index contributed by atoms with van der Waals surface area (Å²) in [5, 5.41) is 2.56. The molecule has 1 heterocycles. The summed E-state index contributed by atoms with van der Waals surface area (Å²) >= 11 is 3.18. The van der Waals surface area contributed by atoms with E-state index in [1.54, 1.807) is 18.2 Å². The quantitative estimate of drug-likeness (QED) is 0.539. The number of aryl methyl sites for hydroxylation is 2. The van der Waals surface area contributed by atoms with E-state index in [1.807, 2.05) is 11.5 Å². The molecule has 0 saturated carbocycles. The molecular weight excluding hydrogens is 475 g/mol. The zero-order chi connectivity index (χ0) is 22.1. The molecule has 0 fully saturated rings. The molecule has 1 amide bonds. The van der Waals surface area contributed by atoms with Crippen LogP contribution in [0, 0.1) is 5.82 Å². The Morgan fingerprint density at radius 1 is 1.23 bits per heavy atom. The molecule has 160 valence electrons. The number of rotatable bonds is 7. The van der Waals surface area contributed by atoms with E-state index in [-0.39, 0.29) is 22.9 Å². The monoisotopic (exact) mass is 496 g/mol. The highest BCUT2D eigenvalue weighted by molar-refractivity contribution is 9.10. The Kier molecular flexibility index (Phi) is 6.59. The smallest absolute Gasteiger partial charge is 0.242 e. The van der Waals surface area contributed by atoms with Crippen molar-refractivity contribution in [1.29, 1.82) is 0 Å². The van der Waals surface area contributed by atoms with Gasteiger partial charge in [0.05, 0.1) is 21.6 Å². The summed E-state index contributed by atoms with van der Waals surface area (Å²) in [6, 6.07) is 9.24. The summed E-state index contributed by atoms with van der Waals surface area (Å²) in [5.74, 6) is -0.187. The van der Waals surface area contributed by atoms with Crippen LogP contribution in [0.1, 0.15) is 19.2 Å². The van der Waals surface area contributed by atoms with Gasteiger partial charge in [0.15, 0.2) is 0 Å². The average molecular weight is 497 g/mol. The van der Waals surface area contributed by atoms with Crippen LogP contribution in [0.2, 0.25) is 0 Å². The number of aromatic nitrogens is 2. The molecule has 0 aliphatic heterocycles. The number of nitrogens with zero attached hydrogens (tertiary/aromatic N) is 3. The highest BCUT2D eigenvalue weighted by atomic mass is 79.9. The van der Waals surface area contributed by atoms with Gasteiger partial charge in [-0.3, -0.25) is 4.79 Å². The number of sulfonamides is 1. The minimum Gasteiger partial charge on any atom is -0.328 e. The van der Waals surface area contributed by atoms with Gasteiger partial charge in [0.25, 0.3) is 0 Å². The van der Waals surface area contributed by atoms with Crippen molar-refractivity contribution in [3.8, 4) is 0 Å². The third-order valence-electron chi connectivity index (χ3n) is 4.67. The first-order valence-corrected chi connectivity index (χ1v) is 11.5. The third kappa shape index (κ3) is 4.55. The maximum atomic E-state index is 13.9. The van der Waals surface area contributed by atoms with E-state index in [1.165, 1.54) is 32.3 Å². The molecule has 1 aromatic heterocycles. The van der Waals surface area contributed by atoms with Gasteiger partial charge in [-0.1, -0.05) is 15.9 Å². The number of carbonyl (C=O) groups is 1. The number of benzene rings is 2. The number of hydrogen-bond acceptors (Lipinski definition) is 4. The second-order valence-electron chi connectivity index (χ2n) is 6.88. The van der Waals surface area contributed by atoms with Gasteiger partial charge in [-0.05, 0) is 43.3 Å². The van der Waals surface area contributed by atoms with Crippen molar-refractivity contribution in [2.45, 2.75) is 31.2 Å². The number of hydrogen-bond donors (Lipinski definition) is 1. The summed E-state index contributed by atoms with van der Waals surface area (Å²) in [4.78, 5) is 17.0. The fourth-order valence-electron chi connectivity index (χ4n) is 3.10. The predicted molar refractivity (Wildman–Crippen MR) is 117 cm³/mol. The average Bonchev–Trinajstić information content (AvgIpc) is 3.05. The van der Waals surface area contributed by atoms with Crippen LogP contribution in [0.5, 0.6) is 0 Å². The molecule has 2 aromatic carbocycles. The number of imidazole rings is 1. The minimum atomic E-state index is -3.57. The Morgan fingerprint density at radius 3 is 2.60 bits per heavy atom. The van der Waals surface area contributed by atoms with Crippen molar-refractivity contribution in [3.63, 3.8) is 0 Å². The Bertz CT molecular complexity index is 1210. The topological polar surface area (TPSA) is 84.3 Å². The Labute approximate surface area is 183 Å². The number of amides is 1. The fourth-order valence-corrected chi connectivity index (χ4v) is 4.36. The normalized spacial score (nSPS) is 11.9. The van der Waals surface area contributed by atoms with Crippen LogP contribution in [0.4, 0.5) is 10.1 Å². The molecule has 0 radical (unpaired) electrons. The molecule has 3 aromatic rings. The van der Waals surface area contributed by atoms with Gasteiger partial charge in [0, 0.05) is 38.0 Å². The number of halogens is 2. The first-order valence-electron chi connectivity index (χ1n) is 9.30. The predicted octanol–water partition coefficient (Wildman–Crippen LogP) is 3.78. The van der Waals surface area contributed by atoms with Gasteiger partial charge in [-0.15, -0.1) is 0 Å². The van der Waals surface area contributed by atoms with E-state index < -0.39 is 15.8 Å². The van der Waals surface area contributed by atoms with Gasteiger partial charge in [-0.2, -0.15) is 0 Å². The van der Waals surface area contributed by atoms with Crippen molar-refractivity contribution in [2.75, 3.05) is 19.4 Å². The van der Waals surface area contributed by atoms with Crippen molar-refractivity contribution >= 4 is 48.6 Å². The zero-order valence-electron chi connectivity index (χ0n) is 16.8. The fraction of sp³-hybridized carbons (Fsp3) is 0.300. The van der Waals surface area contributed by atoms with Crippen LogP contribution in [0.25, 0.3) is 11.0 Å². The van der Waals surface area contributed by atoms with E-state index in [2.05, 4.69) is 26.2 Å². The Balaban J connectivity index is 1.81. The van der Waals surface area contributed by atoms with Gasteiger partial charge >= 0.3 is 0 Å². The van der Waals surface area contributed by atoms with E-state index in [0.29, 0.717) is 28.8 Å². The van der Waals surface area contributed by atoms with Crippen molar-refractivity contribution in [1.82, 2.24) is 13.9 Å². The van der Waals surface area contributed by atoms with E-state index in [0.717, 1.165) is 9.82 Å². The molecule has 0 aliphatic rings. The van der Waals surface area contributed by atoms with Crippen LogP contribution >= 0.6 is 15.9 Å². The van der Waals surface area contributed by atoms with Gasteiger partial charge in [-0.25, -0.2) is 22.1 Å². The minimum absolute atomic E-state index is 0.113. The lowest BCUT2D eigenvalue weighted by Crippen LogP contribution is -2.22. The summed E-state index contributed by atoms with van der Waals surface area (Å²) in [6.45, 7) is 2.57. The molecule has 0 bridgehead atoms. The first kappa shape index (κ1) is 22.4. The van der Waals surface area contributed by atoms with Crippen molar-refractivity contribution in [3.05, 3.63) is 52.5 Å². The molecular formula is C20H22BrFN4O3S. The standard InChI is InChI=1S/C20H22BrFN4O3S/c1-4-26-18-8-6-14(30(28,29)25(2)3)12-17(18)23-19(26)9-10-20(27)24-16-7-5-13(21)11-15(16)22/h5-8,11-12H,4,9-10H2,1-3H3,(H,24,27). The van der Waals surface area contributed by atoms with Gasteiger partial charge < -0.3 is 9.88 Å². The van der Waals surface area contributed by atoms with Gasteiger partial charge in [0.2, 0.25) is 15.9 Å². The van der Waals surface area contributed by atoms with Gasteiger partial charge in [0.1, 0.15) is 11.6 Å². The van der Waals surface area contributed by atoms with Crippen LogP contribution < -0.4 is 5.32 Å². The molecule has 30 heavy (non-hydrogen) atoms. The Hall–Kier alpha value is -2.30. The lowest BCUT2D eigenvalue weighted by molar-refractivity contribution is -0.116. The first-order chi connectivity index (χ1) is 14.1. The summed E-state index contributed by atoms with van der Waals surface area (Å²) in [5.41, 5.74) is 1.46. The highest BCUT2D eigenvalue weighted by Gasteiger charge is 2.20. The van der Waals surface area contributed by atoms with E-state index >= 15 is 0 Å². The SMILES string of the molecule is CCn1c(CCC(=O)Nc2ccc(Br)cc2F)nc2cc(S(=O)(=O)N(C)C)ccc21. The number of anilines is 1. The van der Waals surface area contributed by atoms with E-state index in [9.17, 15) is 17.6 Å². The molecule has 10 heteroatoms. The maximum absolute atomic E-state index is 13.9. The highest BCUT2D eigenvalue weighted by Crippen LogP contribution is 2.23. The largest absolute Gasteiger partial charge is 0.328 e. The molecule has 0 saturated heterocycles. The number of carbonyl (C=O) groups excluding carboxylic acids is 1. The van der Waals surface area contributed by atoms with E-state index in [4.69, 9.17) is 0 Å². The lowest BCUT2D eigenvalue weighted by Gasteiger charge is -2.11. The molecule has 0 atom stereocenters. The lowest BCUT2D eigenvalue weighted by atomic mass is 10.2. The maximum Gasteiger partial charge on any atom is 0.242 e. The number of fused-ring (bicyclic) bond motifs is 1. The summed E-state index contributed by atoms with van der Waals surface area (Å²) in [6.07, 6.45) is 0.448. The second-order valence-corrected chi connectivity index (χ2v) is 9.95. The third-order valence-corrected chi connectivity index (χ3v) is 6.98. The van der Waals surface area contributed by atoms with Crippen molar-refractivity contribution < 1.29 is 17.6 Å². The van der Waals surface area contributed by atoms with Crippen LogP contribution in [-0.4, -0.2) is 42.3 Å². The molecule has 0 unspecified atom stereocenters.